The summed E-state index contributed by atoms with van der Waals surface area (Å²) in [5, 5.41) is 15.5. The minimum absolute atomic E-state index is 0.0565. The number of piperidine rings is 1. The molecule has 0 aromatic heterocycles. The Kier molecular flexibility index (Phi) is 4.33. The van der Waals surface area contributed by atoms with E-state index in [0.717, 1.165) is 30.6 Å². The fraction of sp³-hybridized carbons (Fsp3) is 0.500. The predicted octanol–water partition coefficient (Wildman–Crippen LogP) is 1.51. The monoisotopic (exact) mass is 248 g/mol. The van der Waals surface area contributed by atoms with Gasteiger partial charge in [0.15, 0.2) is 0 Å². The summed E-state index contributed by atoms with van der Waals surface area (Å²) in [6.07, 6.45) is 1.74. The Bertz CT molecular complexity index is 420. The third-order valence-electron chi connectivity index (χ3n) is 3.44. The van der Waals surface area contributed by atoms with Gasteiger partial charge in [0.25, 0.3) is 0 Å². The zero-order valence-corrected chi connectivity index (χ0v) is 10.6. The van der Waals surface area contributed by atoms with Gasteiger partial charge < -0.3 is 15.7 Å². The number of benzene rings is 1. The molecule has 4 nitrogen and oxygen atoms in total. The molecule has 0 aliphatic carbocycles. The van der Waals surface area contributed by atoms with Crippen LogP contribution in [0, 0.1) is 5.92 Å². The Labute approximate surface area is 107 Å². The molecule has 0 bridgehead atoms. The number of para-hydroxylation sites is 1. The first kappa shape index (κ1) is 13.1. The van der Waals surface area contributed by atoms with Crippen LogP contribution in [0.5, 0.6) is 0 Å². The molecule has 1 heterocycles. The third kappa shape index (κ3) is 3.09. The van der Waals surface area contributed by atoms with E-state index in [9.17, 15) is 9.90 Å². The topological polar surface area (TPSA) is 61.4 Å². The number of hydrogen-bond acceptors (Lipinski definition) is 3. The van der Waals surface area contributed by atoms with E-state index >= 15 is 0 Å². The number of hydrogen-bond donors (Lipinski definition) is 3. The molecule has 18 heavy (non-hydrogen) atoms. The maximum absolute atomic E-state index is 12.2. The van der Waals surface area contributed by atoms with Gasteiger partial charge in [-0.15, -0.1) is 0 Å². The van der Waals surface area contributed by atoms with E-state index in [-0.39, 0.29) is 18.4 Å². The number of amides is 1. The predicted molar refractivity (Wildman–Crippen MR) is 71.2 cm³/mol. The van der Waals surface area contributed by atoms with Gasteiger partial charge in [-0.1, -0.05) is 18.2 Å². The van der Waals surface area contributed by atoms with Crippen molar-refractivity contribution in [2.75, 3.05) is 11.9 Å². The van der Waals surface area contributed by atoms with Crippen LogP contribution < -0.4 is 10.6 Å². The van der Waals surface area contributed by atoms with Gasteiger partial charge >= 0.3 is 0 Å². The summed E-state index contributed by atoms with van der Waals surface area (Å²) >= 11 is 0. The highest BCUT2D eigenvalue weighted by Gasteiger charge is 2.24. The second-order valence-electron chi connectivity index (χ2n) is 4.88. The van der Waals surface area contributed by atoms with Gasteiger partial charge in [-0.25, -0.2) is 0 Å². The summed E-state index contributed by atoms with van der Waals surface area (Å²) in [6, 6.07) is 7.75. The first-order valence-electron chi connectivity index (χ1n) is 6.43. The maximum Gasteiger partial charge on any atom is 0.227 e. The van der Waals surface area contributed by atoms with Crippen molar-refractivity contribution in [3.8, 4) is 0 Å². The Morgan fingerprint density at radius 1 is 1.50 bits per heavy atom. The van der Waals surface area contributed by atoms with Crippen molar-refractivity contribution in [3.63, 3.8) is 0 Å². The summed E-state index contributed by atoms with van der Waals surface area (Å²) in [6.45, 7) is 2.93. The summed E-state index contributed by atoms with van der Waals surface area (Å²) in [4.78, 5) is 12.2. The van der Waals surface area contributed by atoms with Gasteiger partial charge in [-0.05, 0) is 32.4 Å². The van der Waals surface area contributed by atoms with Crippen molar-refractivity contribution in [2.45, 2.75) is 32.4 Å². The zero-order chi connectivity index (χ0) is 13.0. The molecule has 0 radical (unpaired) electrons. The lowest BCUT2D eigenvalue weighted by Gasteiger charge is -2.27. The van der Waals surface area contributed by atoms with Crippen molar-refractivity contribution in [2.24, 2.45) is 5.92 Å². The highest BCUT2D eigenvalue weighted by Crippen LogP contribution is 2.20. The maximum atomic E-state index is 12.2. The van der Waals surface area contributed by atoms with Gasteiger partial charge in [0.05, 0.1) is 6.61 Å². The van der Waals surface area contributed by atoms with Crippen molar-refractivity contribution in [1.82, 2.24) is 5.32 Å². The van der Waals surface area contributed by atoms with E-state index in [1.165, 1.54) is 0 Å². The molecule has 1 saturated heterocycles. The molecule has 2 unspecified atom stereocenters. The summed E-state index contributed by atoms with van der Waals surface area (Å²) in [5.41, 5.74) is 1.48. The lowest BCUT2D eigenvalue weighted by atomic mass is 9.92. The van der Waals surface area contributed by atoms with Gasteiger partial charge in [0, 0.05) is 23.2 Å². The van der Waals surface area contributed by atoms with Crippen molar-refractivity contribution >= 4 is 11.6 Å². The number of carbonyl (C=O) groups is 1. The first-order chi connectivity index (χ1) is 8.70. The van der Waals surface area contributed by atoms with Crippen LogP contribution in [0.15, 0.2) is 24.3 Å². The Morgan fingerprint density at radius 3 is 3.00 bits per heavy atom. The number of nitrogens with one attached hydrogen (secondary N) is 2. The average molecular weight is 248 g/mol. The molecule has 2 atom stereocenters. The van der Waals surface area contributed by atoms with Crippen LogP contribution in [0.1, 0.15) is 25.3 Å². The molecule has 1 amide bonds. The molecule has 1 aliphatic heterocycles. The molecule has 4 heteroatoms. The first-order valence-corrected chi connectivity index (χ1v) is 6.43. The van der Waals surface area contributed by atoms with E-state index < -0.39 is 0 Å². The fourth-order valence-electron chi connectivity index (χ4n) is 2.38. The molecule has 0 saturated carbocycles. The van der Waals surface area contributed by atoms with Crippen molar-refractivity contribution < 1.29 is 9.90 Å². The molecular weight excluding hydrogens is 228 g/mol. The number of carbonyl (C=O) groups excluding carboxylic acids is 1. The van der Waals surface area contributed by atoms with Gasteiger partial charge in [-0.3, -0.25) is 4.79 Å². The lowest BCUT2D eigenvalue weighted by molar-refractivity contribution is -0.120. The van der Waals surface area contributed by atoms with E-state index in [2.05, 4.69) is 17.6 Å². The average Bonchev–Trinajstić information content (AvgIpc) is 2.39. The van der Waals surface area contributed by atoms with E-state index in [0.29, 0.717) is 6.04 Å². The Balaban J connectivity index is 2.02. The minimum atomic E-state index is -0.0565. The van der Waals surface area contributed by atoms with Crippen LogP contribution in [-0.2, 0) is 11.4 Å². The van der Waals surface area contributed by atoms with Crippen molar-refractivity contribution in [1.29, 1.82) is 0 Å². The quantitative estimate of drug-likeness (QED) is 0.759. The zero-order valence-electron chi connectivity index (χ0n) is 10.6. The molecule has 1 fully saturated rings. The highest BCUT2D eigenvalue weighted by atomic mass is 16.3. The number of anilines is 1. The van der Waals surface area contributed by atoms with E-state index in [1.54, 1.807) is 0 Å². The Morgan fingerprint density at radius 2 is 2.28 bits per heavy atom. The normalized spacial score (nSPS) is 23.7. The van der Waals surface area contributed by atoms with Crippen LogP contribution in [0.3, 0.4) is 0 Å². The number of aliphatic hydroxyl groups excluding tert-OH is 1. The standard InChI is InChI=1S/C14H20N2O2/c1-10-8-11(6-7-15-10)14(18)16-13-5-3-2-4-12(13)9-17/h2-5,10-11,15,17H,6-9H2,1H3,(H,16,18). The van der Waals surface area contributed by atoms with E-state index in [4.69, 9.17) is 0 Å². The SMILES string of the molecule is CC1CC(C(=O)Nc2ccccc2CO)CCN1. The molecular formula is C14H20N2O2. The van der Waals surface area contributed by atoms with Gasteiger partial charge in [0.1, 0.15) is 0 Å². The van der Waals surface area contributed by atoms with Crippen LogP contribution >= 0.6 is 0 Å². The second-order valence-corrected chi connectivity index (χ2v) is 4.88. The lowest BCUT2D eigenvalue weighted by Crippen LogP contribution is -2.40. The summed E-state index contributed by atoms with van der Waals surface area (Å²) in [5.74, 6) is 0.122. The molecule has 0 spiro atoms. The Hall–Kier alpha value is -1.39. The smallest absolute Gasteiger partial charge is 0.227 e. The highest BCUT2D eigenvalue weighted by molar-refractivity contribution is 5.93. The summed E-state index contributed by atoms with van der Waals surface area (Å²) in [7, 11) is 0. The number of aliphatic hydroxyl groups is 1. The van der Waals surface area contributed by atoms with Gasteiger partial charge in [-0.2, -0.15) is 0 Å². The molecule has 3 N–H and O–H groups in total. The van der Waals surface area contributed by atoms with Crippen LogP contribution in [0.2, 0.25) is 0 Å². The molecule has 1 aromatic rings. The molecule has 2 rings (SSSR count). The molecule has 1 aromatic carbocycles. The number of rotatable bonds is 3. The third-order valence-corrected chi connectivity index (χ3v) is 3.44. The van der Waals surface area contributed by atoms with Crippen molar-refractivity contribution in [3.05, 3.63) is 29.8 Å². The van der Waals surface area contributed by atoms with Crippen LogP contribution in [-0.4, -0.2) is 23.6 Å². The fourth-order valence-corrected chi connectivity index (χ4v) is 2.38. The largest absolute Gasteiger partial charge is 0.392 e. The molecule has 98 valence electrons. The minimum Gasteiger partial charge on any atom is -0.392 e. The van der Waals surface area contributed by atoms with E-state index in [1.807, 2.05) is 24.3 Å². The van der Waals surface area contributed by atoms with Gasteiger partial charge in [0.2, 0.25) is 5.91 Å². The van der Waals surface area contributed by atoms with Crippen LogP contribution in [0.4, 0.5) is 5.69 Å². The molecule has 1 aliphatic rings. The summed E-state index contributed by atoms with van der Waals surface area (Å²) < 4.78 is 0. The van der Waals surface area contributed by atoms with Crippen LogP contribution in [0.25, 0.3) is 0 Å². The second kappa shape index (κ2) is 5.98.